The molecule has 0 atom stereocenters. The molecule has 2 aliphatic heterocycles. The lowest BCUT2D eigenvalue weighted by molar-refractivity contribution is -0.187. The molecule has 1 aromatic rings. The Morgan fingerprint density at radius 2 is 1.84 bits per heavy atom. The Morgan fingerprint density at radius 3 is 2.48 bits per heavy atom. The van der Waals surface area contributed by atoms with Crippen molar-refractivity contribution < 1.29 is 23.7 Å². The average Bonchev–Trinajstić information content (AvgIpc) is 3.10. The van der Waals surface area contributed by atoms with Crippen LogP contribution in [-0.4, -0.2) is 63.7 Å². The molecule has 0 unspecified atom stereocenters. The van der Waals surface area contributed by atoms with E-state index in [9.17, 15) is 4.79 Å². The number of hydrogen-bond acceptors (Lipinski definition) is 6. The lowest BCUT2D eigenvalue weighted by Gasteiger charge is -2.37. The predicted octanol–water partition coefficient (Wildman–Crippen LogP) is 1.16. The molecule has 3 rings (SSSR count). The zero-order valence-electron chi connectivity index (χ0n) is 14.9. The number of hydrogen-bond donors (Lipinski definition) is 1. The fourth-order valence-electron chi connectivity index (χ4n) is 3.30. The van der Waals surface area contributed by atoms with Gasteiger partial charge < -0.3 is 29.2 Å². The number of ether oxygens (including phenoxy) is 4. The largest absolute Gasteiger partial charge is 0.493 e. The average molecular weight is 350 g/mol. The molecule has 1 aromatic carbocycles. The number of nitrogens with zero attached hydrogens (tertiary/aromatic N) is 1. The molecule has 1 N–H and O–H groups in total. The topological polar surface area (TPSA) is 69.3 Å². The van der Waals surface area contributed by atoms with Crippen LogP contribution in [0.5, 0.6) is 11.5 Å². The molecule has 2 saturated heterocycles. The van der Waals surface area contributed by atoms with Gasteiger partial charge in [0.05, 0.1) is 34.0 Å². The summed E-state index contributed by atoms with van der Waals surface area (Å²) in [6, 6.07) is 5.73. The predicted molar refractivity (Wildman–Crippen MR) is 91.7 cm³/mol. The van der Waals surface area contributed by atoms with Crippen LogP contribution in [-0.2, 0) is 20.8 Å². The molecule has 1 spiro atoms. The summed E-state index contributed by atoms with van der Waals surface area (Å²) in [6.07, 6.45) is 1.49. The number of benzene rings is 1. The number of methoxy groups -OCH3 is 2. The number of amides is 1. The van der Waals surface area contributed by atoms with Gasteiger partial charge in [-0.05, 0) is 17.7 Å². The van der Waals surface area contributed by atoms with Crippen LogP contribution in [0.3, 0.4) is 0 Å². The molecule has 7 nitrogen and oxygen atoms in total. The third-order valence-electron chi connectivity index (χ3n) is 4.74. The smallest absolute Gasteiger partial charge is 0.236 e. The van der Waals surface area contributed by atoms with Gasteiger partial charge in [0.15, 0.2) is 17.3 Å². The zero-order chi connectivity index (χ0) is 17.7. The summed E-state index contributed by atoms with van der Waals surface area (Å²) < 4.78 is 21.9. The van der Waals surface area contributed by atoms with Crippen molar-refractivity contribution in [1.82, 2.24) is 10.2 Å². The van der Waals surface area contributed by atoms with Gasteiger partial charge in [-0.25, -0.2) is 0 Å². The highest BCUT2D eigenvalue weighted by Gasteiger charge is 2.40. The van der Waals surface area contributed by atoms with E-state index in [0.717, 1.165) is 18.4 Å². The molecule has 0 radical (unpaired) electrons. The fraction of sp³-hybridized carbons (Fsp3) is 0.611. The van der Waals surface area contributed by atoms with E-state index in [2.05, 4.69) is 5.32 Å². The number of likely N-dealkylation sites (tertiary alicyclic amines) is 1. The number of piperidine rings is 1. The Bertz CT molecular complexity index is 591. The van der Waals surface area contributed by atoms with Gasteiger partial charge in [-0.15, -0.1) is 0 Å². The first-order valence-corrected chi connectivity index (χ1v) is 8.63. The molecule has 0 saturated carbocycles. The normalized spacial score (nSPS) is 19.2. The maximum atomic E-state index is 12.4. The molecule has 0 aromatic heterocycles. The first-order chi connectivity index (χ1) is 12.2. The summed E-state index contributed by atoms with van der Waals surface area (Å²) in [4.78, 5) is 14.2. The molecule has 0 aliphatic carbocycles. The summed E-state index contributed by atoms with van der Waals surface area (Å²) >= 11 is 0. The Hall–Kier alpha value is -1.83. The lowest BCUT2D eigenvalue weighted by Crippen LogP contribution is -2.49. The van der Waals surface area contributed by atoms with Crippen molar-refractivity contribution in [2.24, 2.45) is 0 Å². The second-order valence-electron chi connectivity index (χ2n) is 6.28. The highest BCUT2D eigenvalue weighted by molar-refractivity contribution is 5.78. The van der Waals surface area contributed by atoms with Crippen LogP contribution < -0.4 is 14.8 Å². The minimum atomic E-state index is -0.441. The van der Waals surface area contributed by atoms with Crippen molar-refractivity contribution in [3.05, 3.63) is 23.8 Å². The molecule has 138 valence electrons. The van der Waals surface area contributed by atoms with Gasteiger partial charge >= 0.3 is 0 Å². The monoisotopic (exact) mass is 350 g/mol. The highest BCUT2D eigenvalue weighted by Crippen LogP contribution is 2.31. The van der Waals surface area contributed by atoms with Crippen molar-refractivity contribution in [2.75, 3.05) is 47.1 Å². The van der Waals surface area contributed by atoms with E-state index < -0.39 is 5.79 Å². The molecule has 0 bridgehead atoms. The summed E-state index contributed by atoms with van der Waals surface area (Å²) in [5.74, 6) is 1.05. The molecule has 2 heterocycles. The second-order valence-corrected chi connectivity index (χ2v) is 6.28. The number of rotatable bonds is 6. The van der Waals surface area contributed by atoms with Crippen molar-refractivity contribution in [1.29, 1.82) is 0 Å². The van der Waals surface area contributed by atoms with E-state index in [0.29, 0.717) is 50.9 Å². The molecule has 25 heavy (non-hydrogen) atoms. The Morgan fingerprint density at radius 1 is 1.16 bits per heavy atom. The van der Waals surface area contributed by atoms with Gasteiger partial charge in [0.2, 0.25) is 5.91 Å². The quantitative estimate of drug-likeness (QED) is 0.830. The highest BCUT2D eigenvalue weighted by atomic mass is 16.7. The van der Waals surface area contributed by atoms with Crippen molar-refractivity contribution in [3.8, 4) is 11.5 Å². The molecule has 2 aliphatic rings. The first-order valence-electron chi connectivity index (χ1n) is 8.63. The van der Waals surface area contributed by atoms with E-state index in [4.69, 9.17) is 18.9 Å². The maximum Gasteiger partial charge on any atom is 0.236 e. The third-order valence-corrected chi connectivity index (χ3v) is 4.74. The molecule has 2 fully saturated rings. The van der Waals surface area contributed by atoms with E-state index >= 15 is 0 Å². The van der Waals surface area contributed by atoms with Gasteiger partial charge in [0, 0.05) is 32.5 Å². The van der Waals surface area contributed by atoms with Gasteiger partial charge in [0.1, 0.15) is 0 Å². The SMILES string of the molecule is COc1ccc(CNCC(=O)N2CCC3(CC2)OCCO3)cc1OC. The van der Waals surface area contributed by atoms with Gasteiger partial charge in [-0.1, -0.05) is 6.07 Å². The summed E-state index contributed by atoms with van der Waals surface area (Å²) in [5, 5.41) is 3.20. The second kappa shape index (κ2) is 8.03. The van der Waals surface area contributed by atoms with Crippen LogP contribution in [0.25, 0.3) is 0 Å². The summed E-state index contributed by atoms with van der Waals surface area (Å²) in [7, 11) is 3.22. The van der Waals surface area contributed by atoms with Gasteiger partial charge in [-0.2, -0.15) is 0 Å². The standard InChI is InChI=1S/C18H26N2O5/c1-22-15-4-3-14(11-16(15)23-2)12-19-13-17(21)20-7-5-18(6-8-20)24-9-10-25-18/h3-4,11,19H,5-10,12-13H2,1-2H3. The van der Waals surface area contributed by atoms with Crippen LogP contribution in [0.4, 0.5) is 0 Å². The van der Waals surface area contributed by atoms with Crippen molar-refractivity contribution >= 4 is 5.91 Å². The number of carbonyl (C=O) groups is 1. The minimum Gasteiger partial charge on any atom is -0.493 e. The Balaban J connectivity index is 1.44. The van der Waals surface area contributed by atoms with E-state index in [1.54, 1.807) is 14.2 Å². The maximum absolute atomic E-state index is 12.4. The van der Waals surface area contributed by atoms with Gasteiger partial charge in [0.25, 0.3) is 0 Å². The summed E-state index contributed by atoms with van der Waals surface area (Å²) in [6.45, 7) is 3.56. The fourth-order valence-corrected chi connectivity index (χ4v) is 3.30. The van der Waals surface area contributed by atoms with E-state index in [1.165, 1.54) is 0 Å². The van der Waals surface area contributed by atoms with Crippen molar-refractivity contribution in [2.45, 2.75) is 25.2 Å². The van der Waals surface area contributed by atoms with Crippen LogP contribution in [0, 0.1) is 0 Å². The van der Waals surface area contributed by atoms with Crippen LogP contribution in [0.15, 0.2) is 18.2 Å². The minimum absolute atomic E-state index is 0.105. The van der Waals surface area contributed by atoms with E-state index in [1.807, 2.05) is 23.1 Å². The molecule has 7 heteroatoms. The van der Waals surface area contributed by atoms with Crippen molar-refractivity contribution in [3.63, 3.8) is 0 Å². The Kier molecular flexibility index (Phi) is 5.78. The van der Waals surface area contributed by atoms with Crippen LogP contribution in [0.2, 0.25) is 0 Å². The van der Waals surface area contributed by atoms with E-state index in [-0.39, 0.29) is 5.91 Å². The number of nitrogens with one attached hydrogen (secondary N) is 1. The third kappa shape index (κ3) is 4.23. The van der Waals surface area contributed by atoms with Crippen LogP contribution in [0.1, 0.15) is 18.4 Å². The van der Waals surface area contributed by atoms with Crippen LogP contribution >= 0.6 is 0 Å². The molecule has 1 amide bonds. The number of carbonyl (C=O) groups excluding carboxylic acids is 1. The zero-order valence-corrected chi connectivity index (χ0v) is 14.9. The van der Waals surface area contributed by atoms with Gasteiger partial charge in [-0.3, -0.25) is 4.79 Å². The Labute approximate surface area is 148 Å². The molecular formula is C18H26N2O5. The lowest BCUT2D eigenvalue weighted by atomic mass is 10.0. The summed E-state index contributed by atoms with van der Waals surface area (Å²) in [5.41, 5.74) is 1.04. The first kappa shape index (κ1) is 18.0. The molecular weight excluding hydrogens is 324 g/mol.